The SMILES string of the molecule is Cc1ccc(S(=O)(=O)Nc2ccc(-c3ccc4nnc(C)n4n3)cc2)c(C)c1. The van der Waals surface area contributed by atoms with Crippen molar-refractivity contribution in [3.8, 4) is 11.3 Å². The molecule has 2 aromatic carbocycles. The topological polar surface area (TPSA) is 89.2 Å². The quantitative estimate of drug-likeness (QED) is 0.573. The lowest BCUT2D eigenvalue weighted by Gasteiger charge is -2.11. The highest BCUT2D eigenvalue weighted by Crippen LogP contribution is 2.23. The van der Waals surface area contributed by atoms with Gasteiger partial charge in [-0.15, -0.1) is 10.2 Å². The van der Waals surface area contributed by atoms with Crippen LogP contribution in [0.4, 0.5) is 5.69 Å². The number of aromatic nitrogens is 4. The molecule has 0 aliphatic rings. The Morgan fingerprint density at radius 2 is 1.64 bits per heavy atom. The summed E-state index contributed by atoms with van der Waals surface area (Å²) in [5.41, 5.74) is 4.52. The van der Waals surface area contributed by atoms with Crippen LogP contribution < -0.4 is 4.72 Å². The van der Waals surface area contributed by atoms with E-state index in [0.29, 0.717) is 22.7 Å². The van der Waals surface area contributed by atoms with Crippen LogP contribution in [0.15, 0.2) is 59.5 Å². The summed E-state index contributed by atoms with van der Waals surface area (Å²) in [6.07, 6.45) is 0. The monoisotopic (exact) mass is 393 g/mol. The predicted molar refractivity (Wildman–Crippen MR) is 108 cm³/mol. The van der Waals surface area contributed by atoms with E-state index in [1.54, 1.807) is 35.7 Å². The van der Waals surface area contributed by atoms with Gasteiger partial charge in [0.1, 0.15) is 0 Å². The molecule has 0 radical (unpaired) electrons. The maximum Gasteiger partial charge on any atom is 0.262 e. The van der Waals surface area contributed by atoms with E-state index in [4.69, 9.17) is 0 Å². The maximum atomic E-state index is 12.7. The number of hydrogen-bond acceptors (Lipinski definition) is 5. The molecule has 0 spiro atoms. The molecule has 0 saturated heterocycles. The van der Waals surface area contributed by atoms with Crippen LogP contribution in [0.2, 0.25) is 0 Å². The van der Waals surface area contributed by atoms with Crippen LogP contribution in [-0.4, -0.2) is 28.2 Å². The van der Waals surface area contributed by atoms with Gasteiger partial charge in [-0.25, -0.2) is 8.42 Å². The lowest BCUT2D eigenvalue weighted by atomic mass is 10.1. The molecule has 0 bridgehead atoms. The molecule has 0 saturated carbocycles. The molecule has 0 aliphatic heterocycles. The molecule has 0 fully saturated rings. The van der Waals surface area contributed by atoms with Gasteiger partial charge in [-0.05, 0) is 56.7 Å². The highest BCUT2D eigenvalue weighted by molar-refractivity contribution is 7.92. The van der Waals surface area contributed by atoms with Crippen LogP contribution in [0.25, 0.3) is 16.9 Å². The molecule has 0 aliphatic carbocycles. The van der Waals surface area contributed by atoms with E-state index in [1.165, 1.54) is 0 Å². The van der Waals surface area contributed by atoms with Gasteiger partial charge in [0.05, 0.1) is 10.6 Å². The minimum atomic E-state index is -3.65. The van der Waals surface area contributed by atoms with Crippen molar-refractivity contribution in [2.75, 3.05) is 4.72 Å². The van der Waals surface area contributed by atoms with Gasteiger partial charge < -0.3 is 0 Å². The van der Waals surface area contributed by atoms with Gasteiger partial charge in [0.25, 0.3) is 10.0 Å². The number of sulfonamides is 1. The van der Waals surface area contributed by atoms with Crippen LogP contribution in [0, 0.1) is 20.8 Å². The highest BCUT2D eigenvalue weighted by atomic mass is 32.2. The summed E-state index contributed by atoms with van der Waals surface area (Å²) in [5, 5.41) is 12.6. The summed E-state index contributed by atoms with van der Waals surface area (Å²) in [4.78, 5) is 0.275. The molecule has 2 aromatic heterocycles. The molecule has 28 heavy (non-hydrogen) atoms. The van der Waals surface area contributed by atoms with Gasteiger partial charge in [-0.1, -0.05) is 29.8 Å². The fourth-order valence-electron chi connectivity index (χ4n) is 3.07. The van der Waals surface area contributed by atoms with Crippen molar-refractivity contribution >= 4 is 21.4 Å². The molecule has 2 heterocycles. The molecule has 4 aromatic rings. The van der Waals surface area contributed by atoms with Crippen molar-refractivity contribution in [1.29, 1.82) is 0 Å². The van der Waals surface area contributed by atoms with Crippen molar-refractivity contribution in [1.82, 2.24) is 19.8 Å². The Labute approximate surface area is 163 Å². The van der Waals surface area contributed by atoms with E-state index < -0.39 is 10.0 Å². The van der Waals surface area contributed by atoms with Gasteiger partial charge in [0.2, 0.25) is 0 Å². The zero-order chi connectivity index (χ0) is 19.9. The van der Waals surface area contributed by atoms with Crippen LogP contribution >= 0.6 is 0 Å². The summed E-state index contributed by atoms with van der Waals surface area (Å²) >= 11 is 0. The second kappa shape index (κ2) is 6.72. The number of benzene rings is 2. The smallest absolute Gasteiger partial charge is 0.262 e. The summed E-state index contributed by atoms with van der Waals surface area (Å²) in [6.45, 7) is 5.56. The highest BCUT2D eigenvalue weighted by Gasteiger charge is 2.17. The predicted octanol–water partition coefficient (Wildman–Crippen LogP) is 3.52. The third kappa shape index (κ3) is 3.34. The van der Waals surface area contributed by atoms with Gasteiger partial charge in [0.15, 0.2) is 11.5 Å². The minimum Gasteiger partial charge on any atom is -0.280 e. The Morgan fingerprint density at radius 1 is 0.893 bits per heavy atom. The number of hydrogen-bond donors (Lipinski definition) is 1. The van der Waals surface area contributed by atoms with E-state index in [2.05, 4.69) is 20.0 Å². The number of aryl methyl sites for hydroxylation is 3. The molecule has 7 nitrogen and oxygen atoms in total. The van der Waals surface area contributed by atoms with Crippen LogP contribution in [0.1, 0.15) is 17.0 Å². The summed E-state index contributed by atoms with van der Waals surface area (Å²) in [7, 11) is -3.65. The lowest BCUT2D eigenvalue weighted by Crippen LogP contribution is -2.14. The molecule has 142 valence electrons. The van der Waals surface area contributed by atoms with E-state index >= 15 is 0 Å². The first-order valence-electron chi connectivity index (χ1n) is 8.73. The first-order chi connectivity index (χ1) is 13.3. The molecule has 0 amide bonds. The number of fused-ring (bicyclic) bond motifs is 1. The molecule has 8 heteroatoms. The molecular weight excluding hydrogens is 374 g/mol. The zero-order valence-electron chi connectivity index (χ0n) is 15.7. The van der Waals surface area contributed by atoms with E-state index in [9.17, 15) is 8.42 Å². The Kier molecular flexibility index (Phi) is 4.35. The van der Waals surface area contributed by atoms with E-state index in [-0.39, 0.29) is 4.90 Å². The molecular formula is C20H19N5O2S. The summed E-state index contributed by atoms with van der Waals surface area (Å²) < 4.78 is 29.7. The number of nitrogens with one attached hydrogen (secondary N) is 1. The Hall–Kier alpha value is -3.26. The Balaban J connectivity index is 1.61. The first-order valence-corrected chi connectivity index (χ1v) is 10.2. The number of rotatable bonds is 4. The van der Waals surface area contributed by atoms with Gasteiger partial charge in [0, 0.05) is 11.3 Å². The van der Waals surface area contributed by atoms with E-state index in [0.717, 1.165) is 16.8 Å². The lowest BCUT2D eigenvalue weighted by molar-refractivity contribution is 0.600. The van der Waals surface area contributed by atoms with Crippen molar-refractivity contribution in [2.45, 2.75) is 25.7 Å². The molecule has 4 rings (SSSR count). The average Bonchev–Trinajstić information content (AvgIpc) is 3.02. The largest absolute Gasteiger partial charge is 0.280 e. The van der Waals surface area contributed by atoms with Crippen LogP contribution in [0.5, 0.6) is 0 Å². The number of nitrogens with zero attached hydrogens (tertiary/aromatic N) is 4. The van der Waals surface area contributed by atoms with Crippen molar-refractivity contribution in [3.63, 3.8) is 0 Å². The van der Waals surface area contributed by atoms with Crippen molar-refractivity contribution in [3.05, 3.63) is 71.5 Å². The fraction of sp³-hybridized carbons (Fsp3) is 0.150. The Bertz CT molecular complexity index is 1280. The van der Waals surface area contributed by atoms with Gasteiger partial charge in [-0.2, -0.15) is 9.61 Å². The van der Waals surface area contributed by atoms with Gasteiger partial charge >= 0.3 is 0 Å². The third-order valence-corrected chi connectivity index (χ3v) is 6.01. The Morgan fingerprint density at radius 3 is 2.36 bits per heavy atom. The van der Waals surface area contributed by atoms with Crippen molar-refractivity contribution in [2.24, 2.45) is 0 Å². The third-order valence-electron chi connectivity index (χ3n) is 4.47. The second-order valence-corrected chi connectivity index (χ2v) is 8.34. The fourth-order valence-corrected chi connectivity index (χ4v) is 4.36. The standard InChI is InChI=1S/C20H19N5O2S/c1-13-4-10-19(14(2)12-13)28(26,27)24-17-7-5-16(6-8-17)18-9-11-20-22-21-15(3)25(20)23-18/h4-12,24H,1-3H3. The maximum absolute atomic E-state index is 12.7. The normalized spacial score (nSPS) is 11.7. The average molecular weight is 393 g/mol. The van der Waals surface area contributed by atoms with E-state index in [1.807, 2.05) is 44.2 Å². The first kappa shape index (κ1) is 18.1. The minimum absolute atomic E-state index is 0.275. The van der Waals surface area contributed by atoms with Crippen LogP contribution in [-0.2, 0) is 10.0 Å². The van der Waals surface area contributed by atoms with Gasteiger partial charge in [-0.3, -0.25) is 4.72 Å². The van der Waals surface area contributed by atoms with Crippen molar-refractivity contribution < 1.29 is 8.42 Å². The summed E-state index contributed by atoms with van der Waals surface area (Å²) in [6, 6.07) is 16.1. The van der Waals surface area contributed by atoms with Crippen LogP contribution in [0.3, 0.4) is 0 Å². The zero-order valence-corrected chi connectivity index (χ0v) is 16.5. The molecule has 1 N–H and O–H groups in total. The second-order valence-electron chi connectivity index (χ2n) is 6.69. The molecule has 0 unspecified atom stereocenters. The number of anilines is 1. The summed E-state index contributed by atoms with van der Waals surface area (Å²) in [5.74, 6) is 0.703. The molecule has 0 atom stereocenters.